The first-order valence-corrected chi connectivity index (χ1v) is 10.8. The predicted octanol–water partition coefficient (Wildman–Crippen LogP) is 6.39. The number of halogens is 3. The molecule has 0 bridgehead atoms. The highest BCUT2D eigenvalue weighted by Gasteiger charge is 2.54. The Kier molecular flexibility index (Phi) is 5.52. The van der Waals surface area contributed by atoms with Gasteiger partial charge in [-0.1, -0.05) is 25.1 Å². The van der Waals surface area contributed by atoms with Crippen molar-refractivity contribution in [3.63, 3.8) is 0 Å². The Hall–Kier alpha value is -1.78. The summed E-state index contributed by atoms with van der Waals surface area (Å²) in [5, 5.41) is 0. The van der Waals surface area contributed by atoms with E-state index in [1.54, 1.807) is 0 Å². The maximum Gasteiger partial charge on any atom is 0.392 e. The molecule has 4 atom stereocenters. The number of hydrogen-bond acceptors (Lipinski definition) is 2. The number of carbonyl (C=O) groups excluding carboxylic acids is 1. The van der Waals surface area contributed by atoms with E-state index in [-0.39, 0.29) is 5.41 Å². The smallest absolute Gasteiger partial charge is 0.392 e. The van der Waals surface area contributed by atoms with Crippen LogP contribution < -0.4 is 4.74 Å². The van der Waals surface area contributed by atoms with Crippen molar-refractivity contribution >= 4 is 5.78 Å². The molecule has 0 spiro atoms. The zero-order chi connectivity index (χ0) is 20.6. The summed E-state index contributed by atoms with van der Waals surface area (Å²) in [6.45, 7) is 2.57. The molecule has 1 aromatic rings. The molecule has 3 aliphatic carbocycles. The van der Waals surface area contributed by atoms with Crippen LogP contribution >= 0.6 is 0 Å². The Morgan fingerprint density at radius 2 is 2.00 bits per heavy atom. The molecule has 4 rings (SSSR count). The lowest BCUT2D eigenvalue weighted by atomic mass is 9.55. The Morgan fingerprint density at radius 3 is 2.79 bits per heavy atom. The number of benzene rings is 1. The lowest BCUT2D eigenvalue weighted by Crippen LogP contribution is -2.42. The molecule has 0 amide bonds. The molecule has 0 heterocycles. The minimum Gasteiger partial charge on any atom is -0.493 e. The molecule has 0 N–H and O–H groups in total. The van der Waals surface area contributed by atoms with Gasteiger partial charge in [-0.05, 0) is 79.5 Å². The number of carbonyl (C=O) groups is 1. The lowest BCUT2D eigenvalue weighted by Gasteiger charge is -2.48. The summed E-state index contributed by atoms with van der Waals surface area (Å²) in [5.41, 5.74) is 2.66. The number of hydrogen-bond donors (Lipinski definition) is 0. The van der Waals surface area contributed by atoms with Crippen LogP contribution in [0, 0.1) is 17.3 Å². The number of ketones is 1. The first-order valence-electron chi connectivity index (χ1n) is 10.8. The number of rotatable bonds is 5. The van der Waals surface area contributed by atoms with Gasteiger partial charge in [-0.25, -0.2) is 0 Å². The van der Waals surface area contributed by atoms with Gasteiger partial charge < -0.3 is 4.74 Å². The monoisotopic (exact) mass is 406 g/mol. The van der Waals surface area contributed by atoms with Crippen molar-refractivity contribution < 1.29 is 22.7 Å². The molecular formula is C24H29F3O2. The summed E-state index contributed by atoms with van der Waals surface area (Å²) in [6.07, 6.45) is 4.15. The van der Waals surface area contributed by atoms with Crippen LogP contribution in [0.4, 0.5) is 13.2 Å². The van der Waals surface area contributed by atoms with Gasteiger partial charge in [-0.3, -0.25) is 4.79 Å². The molecule has 0 unspecified atom stereocenters. The van der Waals surface area contributed by atoms with Crippen LogP contribution in [-0.4, -0.2) is 18.6 Å². The topological polar surface area (TPSA) is 26.3 Å². The molecule has 2 saturated carbocycles. The number of fused-ring (bicyclic) bond motifs is 5. The van der Waals surface area contributed by atoms with E-state index in [0.717, 1.165) is 50.4 Å². The molecule has 0 aliphatic heterocycles. The Bertz CT molecular complexity index is 798. The number of aryl methyl sites for hydroxylation is 1. The largest absolute Gasteiger partial charge is 0.493 e. The van der Waals surface area contributed by atoms with E-state index in [2.05, 4.69) is 19.1 Å². The second-order valence-electron chi connectivity index (χ2n) is 9.12. The van der Waals surface area contributed by atoms with E-state index in [1.165, 1.54) is 17.2 Å². The molecule has 5 heteroatoms. The third kappa shape index (κ3) is 4.10. The number of allylic oxidation sites excluding steroid dienone is 1. The third-order valence-corrected chi connectivity index (χ3v) is 7.48. The van der Waals surface area contributed by atoms with E-state index < -0.39 is 12.6 Å². The van der Waals surface area contributed by atoms with E-state index in [4.69, 9.17) is 4.74 Å². The summed E-state index contributed by atoms with van der Waals surface area (Å²) in [7, 11) is 0. The molecule has 29 heavy (non-hydrogen) atoms. The molecule has 2 fully saturated rings. The van der Waals surface area contributed by atoms with Gasteiger partial charge in [0.2, 0.25) is 0 Å². The van der Waals surface area contributed by atoms with Gasteiger partial charge >= 0.3 is 6.18 Å². The lowest BCUT2D eigenvalue weighted by molar-refractivity contribution is -0.129. The summed E-state index contributed by atoms with van der Waals surface area (Å²) in [6, 6.07) is 6.28. The van der Waals surface area contributed by atoms with Crippen LogP contribution in [0.1, 0.15) is 68.9 Å². The second-order valence-corrected chi connectivity index (χ2v) is 9.12. The standard InChI is InChI=1S/C24H29F3O2/c1-23-13-11-19-18-8-6-17(29-14-4-2-3-12-24(25,26)27)15-16(18)5-7-20(19)21(23)9-10-22(23)28/h2-3,6,8,15,19-21H,4-5,7,9-14H2,1H3/b3-2+/t19-,20-,21+,23+/m1/s1. The fourth-order valence-electron chi connectivity index (χ4n) is 6.00. The first kappa shape index (κ1) is 20.5. The molecular weight excluding hydrogens is 377 g/mol. The highest BCUT2D eigenvalue weighted by atomic mass is 19.4. The maximum atomic E-state index is 12.4. The Morgan fingerprint density at radius 1 is 1.17 bits per heavy atom. The summed E-state index contributed by atoms with van der Waals surface area (Å²) >= 11 is 0. The van der Waals surface area contributed by atoms with Crippen LogP contribution in [0.3, 0.4) is 0 Å². The maximum absolute atomic E-state index is 12.4. The fourth-order valence-corrected chi connectivity index (χ4v) is 6.00. The van der Waals surface area contributed by atoms with Crippen molar-refractivity contribution in [3.8, 4) is 5.75 Å². The number of ether oxygens (including phenoxy) is 1. The van der Waals surface area contributed by atoms with Gasteiger partial charge in [0.25, 0.3) is 0 Å². The zero-order valence-electron chi connectivity index (χ0n) is 16.9. The van der Waals surface area contributed by atoms with Gasteiger partial charge in [-0.15, -0.1) is 0 Å². The van der Waals surface area contributed by atoms with Gasteiger partial charge in [0.1, 0.15) is 11.5 Å². The molecule has 0 aromatic heterocycles. The van der Waals surface area contributed by atoms with Crippen molar-refractivity contribution in [1.82, 2.24) is 0 Å². The summed E-state index contributed by atoms with van der Waals surface area (Å²) in [5.74, 6) is 2.95. The highest BCUT2D eigenvalue weighted by molar-refractivity contribution is 5.87. The van der Waals surface area contributed by atoms with Crippen molar-refractivity contribution in [2.75, 3.05) is 6.61 Å². The van der Waals surface area contributed by atoms with E-state index in [0.29, 0.717) is 36.6 Å². The Labute approximate surface area is 170 Å². The van der Waals surface area contributed by atoms with Crippen molar-refractivity contribution in [3.05, 3.63) is 41.5 Å². The van der Waals surface area contributed by atoms with Gasteiger partial charge in [0.05, 0.1) is 13.0 Å². The van der Waals surface area contributed by atoms with Gasteiger partial charge in [0, 0.05) is 11.8 Å². The van der Waals surface area contributed by atoms with Gasteiger partial charge in [0.15, 0.2) is 0 Å². The second kappa shape index (κ2) is 7.81. The quantitative estimate of drug-likeness (QED) is 0.418. The van der Waals surface area contributed by atoms with Crippen LogP contribution in [0.2, 0.25) is 0 Å². The zero-order valence-corrected chi connectivity index (χ0v) is 16.9. The number of Topliss-reactive ketones (excluding diaryl/α,β-unsaturated/α-hetero) is 1. The minimum absolute atomic E-state index is 0.0959. The molecule has 3 aliphatic rings. The van der Waals surface area contributed by atoms with Crippen LogP contribution in [0.15, 0.2) is 30.4 Å². The number of alkyl halides is 3. The van der Waals surface area contributed by atoms with Crippen molar-refractivity contribution in [2.45, 2.75) is 70.4 Å². The molecule has 1 aromatic carbocycles. The highest BCUT2D eigenvalue weighted by Crippen LogP contribution is 2.59. The van der Waals surface area contributed by atoms with Crippen molar-refractivity contribution in [1.29, 1.82) is 0 Å². The van der Waals surface area contributed by atoms with Crippen LogP contribution in [0.25, 0.3) is 0 Å². The first-order chi connectivity index (χ1) is 13.8. The Balaban J connectivity index is 1.37. The van der Waals surface area contributed by atoms with Gasteiger partial charge in [-0.2, -0.15) is 13.2 Å². The molecule has 0 radical (unpaired) electrons. The average Bonchev–Trinajstić information content (AvgIpc) is 2.98. The third-order valence-electron chi connectivity index (χ3n) is 7.48. The predicted molar refractivity (Wildman–Crippen MR) is 106 cm³/mol. The average molecular weight is 406 g/mol. The van der Waals surface area contributed by atoms with Crippen LogP contribution in [-0.2, 0) is 11.2 Å². The van der Waals surface area contributed by atoms with Crippen molar-refractivity contribution in [2.24, 2.45) is 17.3 Å². The fraction of sp³-hybridized carbons (Fsp3) is 0.625. The van der Waals surface area contributed by atoms with E-state index in [1.807, 2.05) is 6.07 Å². The van der Waals surface area contributed by atoms with E-state index >= 15 is 0 Å². The summed E-state index contributed by atoms with van der Waals surface area (Å²) in [4.78, 5) is 12.4. The van der Waals surface area contributed by atoms with Crippen LogP contribution in [0.5, 0.6) is 5.75 Å². The molecule has 158 valence electrons. The summed E-state index contributed by atoms with van der Waals surface area (Å²) < 4.78 is 42.1. The minimum atomic E-state index is -4.14. The SMILES string of the molecule is C[C@]12CC[C@@H]3c4ccc(OCC/C=C/CC(F)(F)F)cc4CC[C@H]3[C@@H]1CCC2=O. The normalized spacial score (nSPS) is 31.4. The van der Waals surface area contributed by atoms with E-state index in [9.17, 15) is 18.0 Å². The molecule has 0 saturated heterocycles. The molecule has 2 nitrogen and oxygen atoms in total.